The molecule has 0 saturated carbocycles. The smallest absolute Gasteiger partial charge is 0.296 e. The number of azo groups is 2. The fourth-order valence-electron chi connectivity index (χ4n) is 3.51. The van der Waals surface area contributed by atoms with E-state index in [1.54, 1.807) is 31.2 Å². The molecular weight excluding hydrogens is 621 g/mol. The van der Waals surface area contributed by atoms with Gasteiger partial charge in [-0.2, -0.15) is 23.9 Å². The summed E-state index contributed by atoms with van der Waals surface area (Å²) in [5, 5.41) is 50.1. The molecule has 0 aliphatic rings. The summed E-state index contributed by atoms with van der Waals surface area (Å²) in [5.74, 6) is 0.613. The largest absolute Gasteiger partial charge is 0.395 e. The minimum atomic E-state index is -4.78. The first-order chi connectivity index (χ1) is 20.6. The van der Waals surface area contributed by atoms with Crippen LogP contribution in [0, 0.1) is 18.3 Å². The first-order valence-electron chi connectivity index (χ1n) is 12.5. The van der Waals surface area contributed by atoms with Gasteiger partial charge in [0, 0.05) is 57.9 Å². The van der Waals surface area contributed by atoms with Crippen LogP contribution in [0.25, 0.3) is 0 Å². The van der Waals surface area contributed by atoms with Crippen LogP contribution < -0.4 is 10.6 Å². The minimum absolute atomic E-state index is 0.0678. The molecule has 228 valence electrons. The van der Waals surface area contributed by atoms with Gasteiger partial charge in [0.05, 0.1) is 30.2 Å². The summed E-state index contributed by atoms with van der Waals surface area (Å²) in [6.45, 7) is 1.37. The first-order valence-corrected chi connectivity index (χ1v) is 16.2. The Morgan fingerprint density at radius 2 is 1.63 bits per heavy atom. The van der Waals surface area contributed by atoms with Crippen LogP contribution in [0.4, 0.5) is 34.4 Å². The molecule has 0 saturated heterocycles. The van der Waals surface area contributed by atoms with E-state index in [0.29, 0.717) is 28.2 Å². The van der Waals surface area contributed by atoms with Crippen molar-refractivity contribution in [2.45, 2.75) is 16.7 Å². The van der Waals surface area contributed by atoms with Crippen molar-refractivity contribution in [2.24, 2.45) is 20.5 Å². The summed E-state index contributed by atoms with van der Waals surface area (Å²) in [5.41, 5.74) is 0.806. The number of rotatable bonds is 15. The zero-order valence-electron chi connectivity index (χ0n) is 22.7. The summed E-state index contributed by atoms with van der Waals surface area (Å²) < 4.78 is 55.2. The maximum atomic E-state index is 12.2. The minimum Gasteiger partial charge on any atom is -0.395 e. The number of hydrogen-bond donors (Lipinski definition) is 6. The van der Waals surface area contributed by atoms with Gasteiger partial charge < -0.3 is 25.4 Å². The molecule has 1 atom stereocenters. The van der Waals surface area contributed by atoms with Crippen LogP contribution in [0.15, 0.2) is 72.7 Å². The van der Waals surface area contributed by atoms with Gasteiger partial charge >= 0.3 is 0 Å². The Kier molecular flexibility index (Phi) is 12.6. The molecule has 43 heavy (non-hydrogen) atoms. The zero-order valence-corrected chi connectivity index (χ0v) is 25.2. The maximum Gasteiger partial charge on any atom is 0.296 e. The van der Waals surface area contributed by atoms with E-state index in [4.69, 9.17) is 9.66 Å². The predicted molar refractivity (Wildman–Crippen MR) is 162 cm³/mol. The molecule has 0 amide bonds. The van der Waals surface area contributed by atoms with E-state index >= 15 is 0 Å². The summed E-state index contributed by atoms with van der Waals surface area (Å²) >= 11 is 0.573. The van der Waals surface area contributed by atoms with Gasteiger partial charge in [-0.15, -0.1) is 10.2 Å². The lowest BCUT2D eigenvalue weighted by Gasteiger charge is -2.15. The molecule has 0 aliphatic carbocycles. The van der Waals surface area contributed by atoms with Crippen molar-refractivity contribution in [2.75, 3.05) is 48.4 Å². The molecule has 6 N–H and O–H groups in total. The van der Waals surface area contributed by atoms with Gasteiger partial charge in [-0.3, -0.25) is 8.76 Å². The van der Waals surface area contributed by atoms with Crippen LogP contribution in [0.2, 0.25) is 0 Å². The second-order valence-corrected chi connectivity index (χ2v) is 12.3. The number of nitrogens with one attached hydrogen (secondary N) is 2. The molecule has 0 radical (unpaired) electrons. The standard InChI is InChI=1S/C25H28N8O7S3/c1-16-20(15-26)24(28-9-12-42(37)13-11-35)29-25(27-8-10-34)23(16)33-32-21-7-4-18(14-22(21)43(38,39)40)31-30-17-2-5-19(41-36)6-3-17/h2-7,14,34-36H,8-13H2,1H3,(H2,27,28,29)(H,38,39,40). The number of hydrogen-bond acceptors (Lipinski definition) is 15. The lowest BCUT2D eigenvalue weighted by Crippen LogP contribution is -2.17. The SMILES string of the molecule is Cc1c(C#N)c(NCCS(=O)CCO)nc(NCCO)c1N=Nc1ccc(N=Nc2ccc(SO)cc2)cc1S(=O)(=O)O. The molecule has 15 nitrogen and oxygen atoms in total. The van der Waals surface area contributed by atoms with Crippen LogP contribution in [0.3, 0.4) is 0 Å². The van der Waals surface area contributed by atoms with E-state index in [2.05, 4.69) is 36.1 Å². The second-order valence-electron chi connectivity index (χ2n) is 8.53. The molecule has 3 aromatic rings. The van der Waals surface area contributed by atoms with Gasteiger partial charge in [-0.1, -0.05) is 0 Å². The molecule has 1 aromatic heterocycles. The molecule has 1 unspecified atom stereocenters. The van der Waals surface area contributed by atoms with Crippen molar-refractivity contribution < 1.29 is 31.9 Å². The molecule has 18 heteroatoms. The number of benzene rings is 2. The zero-order chi connectivity index (χ0) is 31.4. The van der Waals surface area contributed by atoms with E-state index in [0.717, 1.165) is 6.07 Å². The number of nitriles is 1. The van der Waals surface area contributed by atoms with E-state index in [1.807, 2.05) is 6.07 Å². The van der Waals surface area contributed by atoms with Gasteiger partial charge in [0.1, 0.15) is 28.2 Å². The van der Waals surface area contributed by atoms with Crippen LogP contribution in [-0.4, -0.2) is 74.7 Å². The highest BCUT2D eigenvalue weighted by molar-refractivity contribution is 7.93. The normalized spacial score (nSPS) is 12.5. The fraction of sp³-hybridized carbons (Fsp3) is 0.280. The third-order valence-electron chi connectivity index (χ3n) is 5.57. The van der Waals surface area contributed by atoms with Gasteiger partial charge in [0.2, 0.25) is 0 Å². The Balaban J connectivity index is 1.97. The molecule has 1 heterocycles. The Morgan fingerprint density at radius 1 is 0.953 bits per heavy atom. The number of anilines is 2. The van der Waals surface area contributed by atoms with Gasteiger partial charge in [0.15, 0.2) is 5.82 Å². The molecule has 0 spiro atoms. The molecular formula is C25H28N8O7S3. The van der Waals surface area contributed by atoms with Gasteiger partial charge in [-0.05, 0) is 49.4 Å². The van der Waals surface area contributed by atoms with Gasteiger partial charge in [-0.25, -0.2) is 4.98 Å². The highest BCUT2D eigenvalue weighted by atomic mass is 32.2. The summed E-state index contributed by atoms with van der Waals surface area (Å²) in [4.78, 5) is 4.38. The topological polar surface area (TPSA) is 242 Å². The maximum absolute atomic E-state index is 12.2. The van der Waals surface area contributed by atoms with Crippen LogP contribution in [0.1, 0.15) is 11.1 Å². The lowest BCUT2D eigenvalue weighted by atomic mass is 10.1. The Morgan fingerprint density at radius 3 is 2.26 bits per heavy atom. The lowest BCUT2D eigenvalue weighted by molar-refractivity contribution is 0.311. The van der Waals surface area contributed by atoms with Crippen molar-refractivity contribution in [1.29, 1.82) is 5.26 Å². The fourth-order valence-corrected chi connectivity index (χ4v) is 5.15. The third-order valence-corrected chi connectivity index (χ3v) is 8.24. The van der Waals surface area contributed by atoms with E-state index in [9.17, 15) is 27.5 Å². The molecule has 0 fully saturated rings. The number of aliphatic hydroxyl groups is 2. The van der Waals surface area contributed by atoms with Crippen LogP contribution >= 0.6 is 12.0 Å². The van der Waals surface area contributed by atoms with E-state index in [1.165, 1.54) is 12.1 Å². The summed E-state index contributed by atoms with van der Waals surface area (Å²) in [7, 11) is -6.05. The average molecular weight is 649 g/mol. The van der Waals surface area contributed by atoms with E-state index < -0.39 is 25.8 Å². The Hall–Kier alpha value is -3.83. The van der Waals surface area contributed by atoms with E-state index in [-0.39, 0.29) is 72.1 Å². The van der Waals surface area contributed by atoms with Crippen molar-refractivity contribution in [3.8, 4) is 6.07 Å². The average Bonchev–Trinajstić information content (AvgIpc) is 2.98. The quantitative estimate of drug-likeness (QED) is 0.0760. The van der Waals surface area contributed by atoms with Crippen molar-refractivity contribution >= 4 is 67.3 Å². The van der Waals surface area contributed by atoms with Gasteiger partial charge in [0.25, 0.3) is 10.1 Å². The molecule has 0 bridgehead atoms. The molecule has 0 aliphatic heterocycles. The Labute approximate surface area is 254 Å². The monoisotopic (exact) mass is 648 g/mol. The highest BCUT2D eigenvalue weighted by Gasteiger charge is 2.20. The molecule has 3 rings (SSSR count). The predicted octanol–water partition coefficient (Wildman–Crippen LogP) is 4.46. The van der Waals surface area contributed by atoms with Crippen molar-refractivity contribution in [3.63, 3.8) is 0 Å². The van der Waals surface area contributed by atoms with Crippen LogP contribution in [-0.2, 0) is 20.9 Å². The first kappa shape index (κ1) is 33.7. The molecule has 2 aromatic carbocycles. The second kappa shape index (κ2) is 16.1. The van der Waals surface area contributed by atoms with Crippen molar-refractivity contribution in [1.82, 2.24) is 4.98 Å². The Bertz CT molecular complexity index is 1660. The van der Waals surface area contributed by atoms with Crippen LogP contribution in [0.5, 0.6) is 0 Å². The third kappa shape index (κ3) is 9.59. The summed E-state index contributed by atoms with van der Waals surface area (Å²) in [6, 6.07) is 12.2. The number of aliphatic hydroxyl groups excluding tert-OH is 2. The number of aromatic nitrogens is 1. The highest BCUT2D eigenvalue weighted by Crippen LogP contribution is 2.36. The van der Waals surface area contributed by atoms with Crippen molar-refractivity contribution in [3.05, 3.63) is 53.6 Å². The number of nitrogens with zero attached hydrogens (tertiary/aromatic N) is 6. The number of pyridine rings is 1. The summed E-state index contributed by atoms with van der Waals surface area (Å²) in [6.07, 6.45) is 0.